The van der Waals surface area contributed by atoms with E-state index in [4.69, 9.17) is 10.2 Å². The fourth-order valence-corrected chi connectivity index (χ4v) is 2.31. The number of hydrogen-bond acceptors (Lipinski definition) is 5. The molecule has 0 saturated carbocycles. The number of ketones is 2. The van der Waals surface area contributed by atoms with Gasteiger partial charge in [-0.2, -0.15) is 0 Å². The Bertz CT molecular complexity index is 429. The van der Waals surface area contributed by atoms with Crippen LogP contribution < -0.4 is 0 Å². The van der Waals surface area contributed by atoms with Crippen LogP contribution in [0.2, 0.25) is 0 Å². The largest absolute Gasteiger partial charge is 0.514 e. The Morgan fingerprint density at radius 2 is 0.926 bits per heavy atom. The summed E-state index contributed by atoms with van der Waals surface area (Å²) in [6.07, 6.45) is 0.347. The molecule has 0 bridgehead atoms. The molecule has 0 aliphatic carbocycles. The molecule has 0 amide bonds. The maximum atomic E-state index is 10.9. The van der Waals surface area contributed by atoms with E-state index in [1.54, 1.807) is 41.5 Å². The van der Waals surface area contributed by atoms with Crippen LogP contribution in [-0.4, -0.2) is 56.4 Å². The van der Waals surface area contributed by atoms with E-state index in [0.29, 0.717) is 6.10 Å². The van der Waals surface area contributed by atoms with Crippen molar-refractivity contribution >= 4 is 40.1 Å². The molecule has 156 valence electrons. The number of carbonyl (C=O) groups is 4. The number of Topliss-reactive ketones (excluding diaryl/α,β-unsaturated/α-hetero) is 2. The molecule has 0 aliphatic heterocycles. The smallest absolute Gasteiger partial charge is 0.369 e. The highest BCUT2D eigenvalue weighted by atomic mass is 27.1. The van der Waals surface area contributed by atoms with E-state index in [2.05, 4.69) is 20.4 Å². The van der Waals surface area contributed by atoms with E-state index in [-0.39, 0.29) is 11.6 Å². The van der Waals surface area contributed by atoms with Gasteiger partial charge in [-0.05, 0) is 38.5 Å². The molecular formula is C19H35AlO7. The molecule has 0 aliphatic rings. The molecule has 8 heteroatoms. The Hall–Kier alpha value is -1.23. The van der Waals surface area contributed by atoms with Gasteiger partial charge in [0.25, 0.3) is 0 Å². The predicted molar refractivity (Wildman–Crippen MR) is 104 cm³/mol. The number of rotatable bonds is 5. The second kappa shape index (κ2) is 13.0. The third-order valence-electron chi connectivity index (χ3n) is 3.31. The van der Waals surface area contributed by atoms with E-state index < -0.39 is 34.6 Å². The van der Waals surface area contributed by atoms with E-state index in [9.17, 15) is 19.2 Å². The molecule has 0 saturated heterocycles. The molecule has 2 unspecified atom stereocenters. The second-order valence-corrected chi connectivity index (χ2v) is 8.95. The molecule has 0 aromatic heterocycles. The van der Waals surface area contributed by atoms with E-state index in [1.165, 1.54) is 13.8 Å². The van der Waals surface area contributed by atoms with Crippen molar-refractivity contribution in [1.82, 2.24) is 0 Å². The van der Waals surface area contributed by atoms with Crippen LogP contribution in [-0.2, 0) is 23.0 Å². The lowest BCUT2D eigenvalue weighted by Gasteiger charge is -2.24. The van der Waals surface area contributed by atoms with Crippen LogP contribution in [0.1, 0.15) is 69.2 Å². The Morgan fingerprint density at radius 3 is 0.926 bits per heavy atom. The van der Waals surface area contributed by atoms with Crippen molar-refractivity contribution in [2.24, 2.45) is 22.7 Å². The topological polar surface area (TPSA) is 118 Å². The number of hydrogen-bond donors (Lipinski definition) is 2. The SMILES string of the molecule is CC(=O)C(C(=O)O)C(C)(C)C.CC(=O)C(C(=O)O)C(C)(C)C.CC(C)[O][Al]. The van der Waals surface area contributed by atoms with Gasteiger partial charge in [-0.25, -0.2) is 0 Å². The molecular weight excluding hydrogens is 367 g/mol. The molecule has 2 radical (unpaired) electrons. The van der Waals surface area contributed by atoms with Crippen LogP contribution in [0.5, 0.6) is 0 Å². The molecule has 0 spiro atoms. The third-order valence-corrected chi connectivity index (χ3v) is 3.86. The Balaban J connectivity index is -0.000000344. The Labute approximate surface area is 171 Å². The third kappa shape index (κ3) is 15.5. The van der Waals surface area contributed by atoms with Gasteiger partial charge >= 0.3 is 28.6 Å². The monoisotopic (exact) mass is 402 g/mol. The molecule has 2 atom stereocenters. The minimum atomic E-state index is -1.04. The molecule has 0 aromatic rings. The summed E-state index contributed by atoms with van der Waals surface area (Å²) in [6, 6.07) is 0. The summed E-state index contributed by atoms with van der Waals surface area (Å²) in [5, 5.41) is 17.3. The molecule has 2 N–H and O–H groups in total. The maximum Gasteiger partial charge on any atom is 0.369 e. The summed E-state index contributed by atoms with van der Waals surface area (Å²) in [5.41, 5.74) is -0.977. The van der Waals surface area contributed by atoms with Crippen LogP contribution in [0, 0.1) is 22.7 Å². The van der Waals surface area contributed by atoms with Crippen molar-refractivity contribution in [2.75, 3.05) is 0 Å². The first-order chi connectivity index (χ1) is 11.8. The van der Waals surface area contributed by atoms with Crippen molar-refractivity contribution in [1.29, 1.82) is 0 Å². The van der Waals surface area contributed by atoms with Crippen molar-refractivity contribution in [3.8, 4) is 0 Å². The average Bonchev–Trinajstić information content (AvgIpc) is 2.33. The van der Waals surface area contributed by atoms with Gasteiger partial charge in [-0.1, -0.05) is 41.5 Å². The maximum absolute atomic E-state index is 10.9. The summed E-state index contributed by atoms with van der Waals surface area (Å²) < 4.78 is 4.67. The van der Waals surface area contributed by atoms with Gasteiger partial charge in [-0.3, -0.25) is 19.2 Å². The zero-order valence-electron chi connectivity index (χ0n) is 18.2. The summed E-state index contributed by atoms with van der Waals surface area (Å²) in [5.74, 6) is -4.42. The lowest BCUT2D eigenvalue weighted by Crippen LogP contribution is -2.33. The van der Waals surface area contributed by atoms with Crippen LogP contribution in [0.25, 0.3) is 0 Å². The molecule has 0 fully saturated rings. The van der Waals surface area contributed by atoms with Gasteiger partial charge in [-0.15, -0.1) is 0 Å². The van der Waals surface area contributed by atoms with Crippen molar-refractivity contribution < 1.29 is 33.2 Å². The van der Waals surface area contributed by atoms with Crippen LogP contribution in [0.4, 0.5) is 0 Å². The van der Waals surface area contributed by atoms with Crippen molar-refractivity contribution in [2.45, 2.75) is 75.3 Å². The minimum absolute atomic E-state index is 0.287. The predicted octanol–water partition coefficient (Wildman–Crippen LogP) is 3.14. The van der Waals surface area contributed by atoms with Gasteiger partial charge in [0, 0.05) is 6.10 Å². The van der Waals surface area contributed by atoms with Gasteiger partial charge in [0.1, 0.15) is 23.4 Å². The number of carboxylic acids is 2. The molecule has 27 heavy (non-hydrogen) atoms. The normalized spacial score (nSPS) is 13.3. The summed E-state index contributed by atoms with van der Waals surface area (Å²) >= 11 is 2.19. The molecule has 0 aromatic carbocycles. The lowest BCUT2D eigenvalue weighted by atomic mass is 9.78. The summed E-state index contributed by atoms with van der Waals surface area (Å²) in [6.45, 7) is 17.0. The Kier molecular flexibility index (Phi) is 14.7. The quantitative estimate of drug-likeness (QED) is 0.536. The highest BCUT2D eigenvalue weighted by Crippen LogP contribution is 2.27. The number of carboxylic acid groups (broad SMARTS) is 2. The van der Waals surface area contributed by atoms with E-state index in [1.807, 2.05) is 13.8 Å². The fraction of sp³-hybridized carbons (Fsp3) is 0.789. The zero-order chi connectivity index (χ0) is 22.7. The highest BCUT2D eigenvalue weighted by molar-refractivity contribution is 5.98. The van der Waals surface area contributed by atoms with Crippen LogP contribution in [0.15, 0.2) is 0 Å². The number of aliphatic carboxylic acids is 2. The van der Waals surface area contributed by atoms with Crippen molar-refractivity contribution in [3.63, 3.8) is 0 Å². The van der Waals surface area contributed by atoms with Gasteiger partial charge in [0.15, 0.2) is 0 Å². The summed E-state index contributed by atoms with van der Waals surface area (Å²) in [4.78, 5) is 42.8. The minimum Gasteiger partial charge on any atom is -0.514 e. The van der Waals surface area contributed by atoms with Gasteiger partial charge in [0.2, 0.25) is 0 Å². The average molecular weight is 402 g/mol. The van der Waals surface area contributed by atoms with Gasteiger partial charge < -0.3 is 14.0 Å². The molecule has 7 nitrogen and oxygen atoms in total. The lowest BCUT2D eigenvalue weighted by molar-refractivity contribution is -0.151. The molecule has 0 rings (SSSR count). The summed E-state index contributed by atoms with van der Waals surface area (Å²) in [7, 11) is 0. The van der Waals surface area contributed by atoms with Gasteiger partial charge in [0.05, 0.1) is 0 Å². The van der Waals surface area contributed by atoms with E-state index in [0.717, 1.165) is 0 Å². The van der Waals surface area contributed by atoms with Crippen molar-refractivity contribution in [3.05, 3.63) is 0 Å². The standard InChI is InChI=1S/2C8H14O3.C3H7O.Al/c2*1-5(9)6(7(10)11)8(2,3)4;1-3(2)4;/h2*6H,1-4H3,(H,10,11);3H,1-2H3;/q;;-1;+1. The second-order valence-electron chi connectivity index (χ2n) is 8.68. The fourth-order valence-electron chi connectivity index (χ4n) is 2.31. The van der Waals surface area contributed by atoms with Crippen LogP contribution >= 0.6 is 0 Å². The Morgan fingerprint density at radius 1 is 0.741 bits per heavy atom. The first kappa shape index (κ1) is 30.5. The van der Waals surface area contributed by atoms with Crippen LogP contribution in [0.3, 0.4) is 0 Å². The zero-order valence-corrected chi connectivity index (χ0v) is 19.4. The number of carbonyl (C=O) groups excluding carboxylic acids is 2. The first-order valence-electron chi connectivity index (χ1n) is 8.62. The highest BCUT2D eigenvalue weighted by Gasteiger charge is 2.35. The first-order valence-corrected chi connectivity index (χ1v) is 9.09. The van der Waals surface area contributed by atoms with E-state index >= 15 is 0 Å². The molecule has 0 heterocycles.